The van der Waals surface area contributed by atoms with E-state index in [1.54, 1.807) is 6.07 Å². The van der Waals surface area contributed by atoms with Crippen LogP contribution in [0.25, 0.3) is 0 Å². The van der Waals surface area contributed by atoms with Gasteiger partial charge in [0.25, 0.3) is 0 Å². The summed E-state index contributed by atoms with van der Waals surface area (Å²) in [5, 5.41) is 13.0. The number of hydrogen-bond donors (Lipinski definition) is 2. The van der Waals surface area contributed by atoms with Crippen molar-refractivity contribution < 1.29 is 19.0 Å². The summed E-state index contributed by atoms with van der Waals surface area (Å²) in [6.45, 7) is 1.73. The highest BCUT2D eigenvalue weighted by atomic mass is 35.5. The van der Waals surface area contributed by atoms with Crippen LogP contribution in [0, 0.1) is 11.7 Å². The van der Waals surface area contributed by atoms with E-state index >= 15 is 0 Å². The summed E-state index contributed by atoms with van der Waals surface area (Å²) in [7, 11) is 0. The second kappa shape index (κ2) is 8.46. The van der Waals surface area contributed by atoms with Gasteiger partial charge in [-0.1, -0.05) is 17.7 Å². The highest BCUT2D eigenvalue weighted by molar-refractivity contribution is 6.31. The molecule has 0 aromatic heterocycles. The van der Waals surface area contributed by atoms with E-state index in [1.165, 1.54) is 12.1 Å². The highest BCUT2D eigenvalue weighted by Gasteiger charge is 2.22. The van der Waals surface area contributed by atoms with Crippen LogP contribution in [-0.4, -0.2) is 36.9 Å². The first-order valence-corrected chi connectivity index (χ1v) is 7.91. The number of hydrogen-bond acceptors (Lipinski definition) is 3. The van der Waals surface area contributed by atoms with Crippen LogP contribution >= 0.6 is 11.6 Å². The molecule has 2 rings (SSSR count). The Hall–Kier alpha value is -1.17. The van der Waals surface area contributed by atoms with Gasteiger partial charge < -0.3 is 15.2 Å². The first kappa shape index (κ1) is 17.2. The molecule has 1 aliphatic rings. The zero-order valence-corrected chi connectivity index (χ0v) is 13.1. The maximum Gasteiger partial charge on any atom is 0.224 e. The van der Waals surface area contributed by atoms with Gasteiger partial charge in [-0.25, -0.2) is 4.39 Å². The van der Waals surface area contributed by atoms with E-state index in [0.717, 1.165) is 12.8 Å². The predicted molar refractivity (Wildman–Crippen MR) is 82.3 cm³/mol. The summed E-state index contributed by atoms with van der Waals surface area (Å²) >= 11 is 5.89. The quantitative estimate of drug-likeness (QED) is 0.842. The number of nitrogens with one attached hydrogen (secondary N) is 1. The van der Waals surface area contributed by atoms with E-state index in [1.807, 2.05) is 0 Å². The normalized spacial score (nSPS) is 17.2. The van der Waals surface area contributed by atoms with Crippen LogP contribution in [0.2, 0.25) is 5.02 Å². The lowest BCUT2D eigenvalue weighted by Gasteiger charge is -2.26. The molecule has 22 heavy (non-hydrogen) atoms. The van der Waals surface area contributed by atoms with E-state index < -0.39 is 11.9 Å². The average Bonchev–Trinajstić information content (AvgIpc) is 2.52. The maximum atomic E-state index is 13.6. The van der Waals surface area contributed by atoms with Crippen molar-refractivity contribution in [2.45, 2.75) is 31.8 Å². The molecule has 1 fully saturated rings. The molecule has 0 spiro atoms. The van der Waals surface area contributed by atoms with Gasteiger partial charge in [-0.2, -0.15) is 0 Å². The molecule has 1 unspecified atom stereocenters. The summed E-state index contributed by atoms with van der Waals surface area (Å²) in [5.74, 6) is -0.553. The standard InChI is InChI=1S/C16H21ClFNO3/c17-13-2-1-3-14(18)12(13)10-16(21)19-7-4-15(20)11-5-8-22-9-6-11/h1-3,11,15,20H,4-10H2,(H,19,21). The highest BCUT2D eigenvalue weighted by Crippen LogP contribution is 2.21. The Bertz CT molecular complexity index is 486. The molecule has 1 amide bonds. The lowest BCUT2D eigenvalue weighted by atomic mass is 9.92. The topological polar surface area (TPSA) is 58.6 Å². The number of amides is 1. The number of carbonyl (C=O) groups is 1. The molecular formula is C16H21ClFNO3. The fourth-order valence-electron chi connectivity index (χ4n) is 2.62. The molecule has 122 valence electrons. The third kappa shape index (κ3) is 4.93. The number of rotatable bonds is 6. The summed E-state index contributed by atoms with van der Waals surface area (Å²) in [6, 6.07) is 4.34. The molecule has 0 bridgehead atoms. The first-order chi connectivity index (χ1) is 10.6. The van der Waals surface area contributed by atoms with Crippen LogP contribution in [0.15, 0.2) is 18.2 Å². The Morgan fingerprint density at radius 2 is 2.18 bits per heavy atom. The van der Waals surface area contributed by atoms with Crippen molar-refractivity contribution in [3.8, 4) is 0 Å². The summed E-state index contributed by atoms with van der Waals surface area (Å²) < 4.78 is 18.8. The monoisotopic (exact) mass is 329 g/mol. The van der Waals surface area contributed by atoms with Crippen LogP contribution in [0.3, 0.4) is 0 Å². The number of halogens is 2. The molecule has 1 aromatic rings. The van der Waals surface area contributed by atoms with Crippen molar-refractivity contribution in [1.29, 1.82) is 0 Å². The minimum Gasteiger partial charge on any atom is -0.393 e. The third-order valence-electron chi connectivity index (χ3n) is 3.97. The van der Waals surface area contributed by atoms with Crippen LogP contribution in [0.5, 0.6) is 0 Å². The van der Waals surface area contributed by atoms with Crippen LogP contribution < -0.4 is 5.32 Å². The van der Waals surface area contributed by atoms with Crippen LogP contribution in [0.1, 0.15) is 24.8 Å². The molecule has 0 aliphatic carbocycles. The fourth-order valence-corrected chi connectivity index (χ4v) is 2.85. The molecule has 1 heterocycles. The molecular weight excluding hydrogens is 309 g/mol. The first-order valence-electron chi connectivity index (χ1n) is 7.53. The van der Waals surface area contributed by atoms with Crippen LogP contribution in [-0.2, 0) is 16.0 Å². The lowest BCUT2D eigenvalue weighted by Crippen LogP contribution is -2.33. The lowest BCUT2D eigenvalue weighted by molar-refractivity contribution is -0.120. The van der Waals surface area contributed by atoms with Gasteiger partial charge in [-0.3, -0.25) is 4.79 Å². The molecule has 1 aromatic carbocycles. The van der Waals surface area contributed by atoms with Gasteiger partial charge in [0, 0.05) is 30.3 Å². The number of aliphatic hydroxyl groups is 1. The maximum absolute atomic E-state index is 13.6. The number of benzene rings is 1. The van der Waals surface area contributed by atoms with Crippen molar-refractivity contribution in [2.24, 2.45) is 5.92 Å². The Morgan fingerprint density at radius 1 is 1.45 bits per heavy atom. The van der Waals surface area contributed by atoms with E-state index in [9.17, 15) is 14.3 Å². The zero-order chi connectivity index (χ0) is 15.9. The zero-order valence-electron chi connectivity index (χ0n) is 12.4. The van der Waals surface area contributed by atoms with E-state index in [2.05, 4.69) is 5.32 Å². The van der Waals surface area contributed by atoms with Gasteiger partial charge in [0.15, 0.2) is 0 Å². The Balaban J connectivity index is 1.73. The van der Waals surface area contributed by atoms with E-state index in [0.29, 0.717) is 26.2 Å². The molecule has 1 saturated heterocycles. The van der Waals surface area contributed by atoms with E-state index in [-0.39, 0.29) is 28.8 Å². The second-order valence-electron chi connectivity index (χ2n) is 5.53. The van der Waals surface area contributed by atoms with Crippen molar-refractivity contribution in [1.82, 2.24) is 5.32 Å². The SMILES string of the molecule is O=C(Cc1c(F)cccc1Cl)NCCC(O)C1CCOCC1. The Morgan fingerprint density at radius 3 is 2.86 bits per heavy atom. The van der Waals surface area contributed by atoms with Crippen LogP contribution in [0.4, 0.5) is 4.39 Å². The van der Waals surface area contributed by atoms with Gasteiger partial charge in [0.05, 0.1) is 12.5 Å². The largest absolute Gasteiger partial charge is 0.393 e. The Kier molecular flexibility index (Phi) is 6.61. The average molecular weight is 330 g/mol. The Labute approximate surface area is 134 Å². The van der Waals surface area contributed by atoms with Gasteiger partial charge >= 0.3 is 0 Å². The fraction of sp³-hybridized carbons (Fsp3) is 0.562. The third-order valence-corrected chi connectivity index (χ3v) is 4.33. The predicted octanol–water partition coefficient (Wildman–Crippen LogP) is 2.32. The van der Waals surface area contributed by atoms with Gasteiger partial charge in [-0.15, -0.1) is 0 Å². The van der Waals surface area contributed by atoms with Crippen molar-refractivity contribution >= 4 is 17.5 Å². The summed E-state index contributed by atoms with van der Waals surface area (Å²) in [4.78, 5) is 11.8. The number of aliphatic hydroxyl groups excluding tert-OH is 1. The molecule has 6 heteroatoms. The van der Waals surface area contributed by atoms with Gasteiger partial charge in [0.1, 0.15) is 5.82 Å². The summed E-state index contributed by atoms with van der Waals surface area (Å²) in [5.41, 5.74) is 0.201. The number of ether oxygens (including phenoxy) is 1. The summed E-state index contributed by atoms with van der Waals surface area (Å²) in [6.07, 6.45) is 1.64. The van der Waals surface area contributed by atoms with Gasteiger partial charge in [0.2, 0.25) is 5.91 Å². The molecule has 0 radical (unpaired) electrons. The minimum absolute atomic E-state index is 0.0983. The number of carbonyl (C=O) groups excluding carboxylic acids is 1. The van der Waals surface area contributed by atoms with Crippen molar-refractivity contribution in [3.05, 3.63) is 34.6 Å². The van der Waals surface area contributed by atoms with E-state index in [4.69, 9.17) is 16.3 Å². The van der Waals surface area contributed by atoms with Crippen molar-refractivity contribution in [2.75, 3.05) is 19.8 Å². The molecule has 1 atom stereocenters. The molecule has 1 aliphatic heterocycles. The smallest absolute Gasteiger partial charge is 0.224 e. The molecule has 4 nitrogen and oxygen atoms in total. The van der Waals surface area contributed by atoms with Gasteiger partial charge in [-0.05, 0) is 37.3 Å². The van der Waals surface area contributed by atoms with Crippen molar-refractivity contribution in [3.63, 3.8) is 0 Å². The molecule has 2 N–H and O–H groups in total. The minimum atomic E-state index is -0.482. The molecule has 0 saturated carbocycles. The second-order valence-corrected chi connectivity index (χ2v) is 5.94.